The third-order valence-electron chi connectivity index (χ3n) is 4.47. The highest BCUT2D eigenvalue weighted by Gasteiger charge is 2.39. The van der Waals surface area contributed by atoms with E-state index in [1.807, 2.05) is 0 Å². The minimum Gasteiger partial charge on any atom is -0.446 e. The first-order chi connectivity index (χ1) is 14.2. The van der Waals surface area contributed by atoms with Crippen LogP contribution in [-0.4, -0.2) is 59.1 Å². The molecule has 0 aliphatic carbocycles. The molecule has 0 aromatic heterocycles. The number of nitro benzene ring substituents is 1. The van der Waals surface area contributed by atoms with Crippen LogP contribution in [0.15, 0.2) is 48.5 Å². The van der Waals surface area contributed by atoms with Crippen LogP contribution in [-0.2, 0) is 14.3 Å². The Morgan fingerprint density at radius 1 is 1.07 bits per heavy atom. The fourth-order valence-electron chi connectivity index (χ4n) is 2.96. The summed E-state index contributed by atoms with van der Waals surface area (Å²) in [6.07, 6.45) is -1.25. The molecule has 1 heterocycles. The first kappa shape index (κ1) is 20.6. The van der Waals surface area contributed by atoms with E-state index >= 15 is 0 Å². The number of esters is 1. The molecule has 10 heteroatoms. The summed E-state index contributed by atoms with van der Waals surface area (Å²) < 4.78 is 5.29. The predicted octanol–water partition coefficient (Wildman–Crippen LogP) is 1.56. The maximum absolute atomic E-state index is 12.5. The molecule has 0 radical (unpaired) electrons. The molecule has 30 heavy (non-hydrogen) atoms. The summed E-state index contributed by atoms with van der Waals surface area (Å²) >= 11 is 0. The number of nitrogens with zero attached hydrogens (tertiary/aromatic N) is 3. The van der Waals surface area contributed by atoms with E-state index in [1.165, 1.54) is 25.1 Å². The number of rotatable bonds is 6. The van der Waals surface area contributed by atoms with Crippen LogP contribution in [0.1, 0.15) is 32.4 Å². The average Bonchev–Trinajstić information content (AvgIpc) is 2.96. The summed E-state index contributed by atoms with van der Waals surface area (Å²) in [5, 5.41) is 10.9. The van der Waals surface area contributed by atoms with Crippen molar-refractivity contribution in [2.75, 3.05) is 20.6 Å². The summed E-state index contributed by atoms with van der Waals surface area (Å²) in [5.41, 5.74) is -0.115. The van der Waals surface area contributed by atoms with Crippen LogP contribution in [0.5, 0.6) is 0 Å². The molecule has 3 amide bonds. The van der Waals surface area contributed by atoms with E-state index < -0.39 is 41.3 Å². The molecule has 3 rings (SSSR count). The number of likely N-dealkylation sites (N-methyl/N-ethyl adjacent to an activating group) is 1. The summed E-state index contributed by atoms with van der Waals surface area (Å²) in [7, 11) is 3.01. The molecular formula is C20H17N3O7. The van der Waals surface area contributed by atoms with Gasteiger partial charge in [0.05, 0.1) is 16.1 Å². The van der Waals surface area contributed by atoms with E-state index in [-0.39, 0.29) is 16.8 Å². The van der Waals surface area contributed by atoms with Crippen molar-refractivity contribution >= 4 is 29.4 Å². The van der Waals surface area contributed by atoms with Gasteiger partial charge in [0.15, 0.2) is 0 Å². The largest absolute Gasteiger partial charge is 0.446 e. The monoisotopic (exact) mass is 411 g/mol. The first-order valence-electron chi connectivity index (χ1n) is 8.81. The van der Waals surface area contributed by atoms with Gasteiger partial charge < -0.3 is 9.64 Å². The van der Waals surface area contributed by atoms with Crippen molar-refractivity contribution in [3.63, 3.8) is 0 Å². The van der Waals surface area contributed by atoms with Crippen LogP contribution in [0.25, 0.3) is 0 Å². The molecule has 1 aliphatic heterocycles. The first-order valence-corrected chi connectivity index (χ1v) is 8.81. The molecule has 2 aromatic carbocycles. The molecule has 0 saturated carbocycles. The van der Waals surface area contributed by atoms with Crippen LogP contribution >= 0.6 is 0 Å². The number of benzene rings is 2. The van der Waals surface area contributed by atoms with E-state index in [1.54, 1.807) is 30.3 Å². The molecule has 1 aliphatic rings. The van der Waals surface area contributed by atoms with Gasteiger partial charge in [0.25, 0.3) is 23.4 Å². The highest BCUT2D eigenvalue weighted by atomic mass is 16.6. The summed E-state index contributed by atoms with van der Waals surface area (Å²) in [6.45, 7) is -0.732. The lowest BCUT2D eigenvalue weighted by Gasteiger charge is -2.22. The number of non-ortho nitro benzene ring substituents is 1. The third-order valence-corrected chi connectivity index (χ3v) is 4.47. The van der Waals surface area contributed by atoms with E-state index in [4.69, 9.17) is 4.74 Å². The van der Waals surface area contributed by atoms with Gasteiger partial charge in [-0.05, 0) is 6.07 Å². The smallest absolute Gasteiger partial charge is 0.327 e. The van der Waals surface area contributed by atoms with Gasteiger partial charge in [-0.25, -0.2) is 0 Å². The van der Waals surface area contributed by atoms with Crippen molar-refractivity contribution in [3.8, 4) is 0 Å². The topological polar surface area (TPSA) is 127 Å². The lowest BCUT2D eigenvalue weighted by atomic mass is 10.1. The van der Waals surface area contributed by atoms with E-state index in [9.17, 15) is 29.3 Å². The van der Waals surface area contributed by atoms with E-state index in [0.29, 0.717) is 10.5 Å². The van der Waals surface area contributed by atoms with Gasteiger partial charge in [-0.15, -0.1) is 0 Å². The Bertz CT molecular complexity index is 1050. The van der Waals surface area contributed by atoms with E-state index in [0.717, 1.165) is 12.1 Å². The second-order valence-electron chi connectivity index (χ2n) is 6.70. The maximum atomic E-state index is 12.5. The zero-order valence-electron chi connectivity index (χ0n) is 16.1. The van der Waals surface area contributed by atoms with Crippen molar-refractivity contribution in [1.82, 2.24) is 9.80 Å². The van der Waals surface area contributed by atoms with Gasteiger partial charge in [0.1, 0.15) is 6.54 Å². The highest BCUT2D eigenvalue weighted by Crippen LogP contribution is 2.27. The molecular weight excluding hydrogens is 394 g/mol. The molecule has 2 aromatic rings. The zero-order valence-corrected chi connectivity index (χ0v) is 16.1. The number of hydrogen-bond donors (Lipinski definition) is 0. The van der Waals surface area contributed by atoms with Gasteiger partial charge >= 0.3 is 5.97 Å². The van der Waals surface area contributed by atoms with Crippen LogP contribution in [0.3, 0.4) is 0 Å². The van der Waals surface area contributed by atoms with E-state index in [2.05, 4.69) is 0 Å². The molecule has 0 N–H and O–H groups in total. The molecule has 0 spiro atoms. The Morgan fingerprint density at radius 3 is 2.30 bits per heavy atom. The standard InChI is InChI=1S/C20H17N3O7/c1-21(2)20(27)17(12-6-4-3-5-7-12)30-16(24)11-22-18(25)14-9-8-13(23(28)29)10-15(14)19(22)26/h3-10,17H,11H2,1-2H3/t17-/m1/s1. The van der Waals surface area contributed by atoms with Crippen molar-refractivity contribution in [2.45, 2.75) is 6.10 Å². The Morgan fingerprint density at radius 2 is 1.70 bits per heavy atom. The number of imide groups is 1. The third kappa shape index (κ3) is 3.88. The second-order valence-corrected chi connectivity index (χ2v) is 6.70. The van der Waals surface area contributed by atoms with Gasteiger partial charge in [-0.2, -0.15) is 0 Å². The van der Waals surface area contributed by atoms with Gasteiger partial charge in [0, 0.05) is 31.8 Å². The summed E-state index contributed by atoms with van der Waals surface area (Å²) in [4.78, 5) is 62.0. The van der Waals surface area contributed by atoms with Crippen molar-refractivity contribution in [3.05, 3.63) is 75.3 Å². The summed E-state index contributed by atoms with van der Waals surface area (Å²) in [6, 6.07) is 11.6. The van der Waals surface area contributed by atoms with Crippen molar-refractivity contribution in [1.29, 1.82) is 0 Å². The molecule has 1 atom stereocenters. The number of fused-ring (bicyclic) bond motifs is 1. The van der Waals surface area contributed by atoms with Crippen molar-refractivity contribution in [2.24, 2.45) is 0 Å². The number of hydrogen-bond acceptors (Lipinski definition) is 7. The minimum absolute atomic E-state index is 0.0395. The maximum Gasteiger partial charge on any atom is 0.327 e. The van der Waals surface area contributed by atoms with Crippen LogP contribution in [0.2, 0.25) is 0 Å². The van der Waals surface area contributed by atoms with Gasteiger partial charge in [-0.1, -0.05) is 30.3 Å². The molecule has 154 valence electrons. The second kappa shape index (κ2) is 8.11. The molecule has 0 saturated heterocycles. The number of carbonyl (C=O) groups is 4. The molecule has 0 unspecified atom stereocenters. The Labute approximate surface area is 170 Å². The fourth-order valence-corrected chi connectivity index (χ4v) is 2.96. The summed E-state index contributed by atoms with van der Waals surface area (Å²) in [5.74, 6) is -3.07. The quantitative estimate of drug-likeness (QED) is 0.305. The Balaban J connectivity index is 1.79. The Kier molecular flexibility index (Phi) is 5.58. The van der Waals surface area contributed by atoms with Crippen LogP contribution in [0, 0.1) is 10.1 Å². The number of amides is 3. The number of ether oxygens (including phenoxy) is 1. The lowest BCUT2D eigenvalue weighted by molar-refractivity contribution is -0.384. The van der Waals surface area contributed by atoms with Crippen LogP contribution in [0.4, 0.5) is 5.69 Å². The SMILES string of the molecule is CN(C)C(=O)[C@H](OC(=O)CN1C(=O)c2ccc([N+](=O)[O-])cc2C1=O)c1ccccc1. The predicted molar refractivity (Wildman–Crippen MR) is 102 cm³/mol. The zero-order chi connectivity index (χ0) is 22.0. The normalized spacial score (nSPS) is 13.6. The minimum atomic E-state index is -1.25. The fraction of sp³-hybridized carbons (Fsp3) is 0.200. The number of nitro groups is 1. The number of carbonyl (C=O) groups excluding carboxylic acids is 4. The van der Waals surface area contributed by atoms with Crippen molar-refractivity contribution < 1.29 is 28.8 Å². The Hall–Kier alpha value is -4.08. The average molecular weight is 411 g/mol. The molecule has 0 fully saturated rings. The molecule has 0 bridgehead atoms. The lowest BCUT2D eigenvalue weighted by Crippen LogP contribution is -2.38. The highest BCUT2D eigenvalue weighted by molar-refractivity contribution is 6.22. The van der Waals surface area contributed by atoms with Gasteiger partial charge in [-0.3, -0.25) is 34.2 Å². The van der Waals surface area contributed by atoms with Crippen LogP contribution < -0.4 is 0 Å². The molecule has 10 nitrogen and oxygen atoms in total. The van der Waals surface area contributed by atoms with Gasteiger partial charge in [0.2, 0.25) is 6.10 Å².